The van der Waals surface area contributed by atoms with Gasteiger partial charge in [0.15, 0.2) is 0 Å². The summed E-state index contributed by atoms with van der Waals surface area (Å²) in [6.07, 6.45) is 0. The van der Waals surface area contributed by atoms with E-state index in [-0.39, 0.29) is 11.4 Å². The largest absolute Gasteiger partial charge is 0.241 e. The van der Waals surface area contributed by atoms with Crippen molar-refractivity contribution in [2.24, 2.45) is 0 Å². The molecule has 0 amide bonds. The Morgan fingerprint density at radius 2 is 1.85 bits per heavy atom. The van der Waals surface area contributed by atoms with Crippen molar-refractivity contribution in [3.8, 4) is 0 Å². The first-order valence-corrected chi connectivity index (χ1v) is 9.02. The number of rotatable bonds is 4. The Morgan fingerprint density at radius 3 is 2.50 bits per heavy atom. The smallest absolute Gasteiger partial charge is 0.207 e. The fourth-order valence-electron chi connectivity index (χ4n) is 1.60. The zero-order chi connectivity index (χ0) is 14.8. The van der Waals surface area contributed by atoms with E-state index in [1.165, 1.54) is 6.07 Å². The molecule has 7 heteroatoms. The molecule has 0 radical (unpaired) electrons. The number of halogens is 3. The van der Waals surface area contributed by atoms with Crippen molar-refractivity contribution in [1.29, 1.82) is 0 Å². The molecule has 0 heterocycles. The van der Waals surface area contributed by atoms with Crippen molar-refractivity contribution in [1.82, 2.24) is 4.72 Å². The van der Waals surface area contributed by atoms with E-state index < -0.39 is 10.0 Å². The highest BCUT2D eigenvalue weighted by atomic mass is 79.9. The third-order valence-corrected chi connectivity index (χ3v) is 5.65. The lowest BCUT2D eigenvalue weighted by Crippen LogP contribution is -2.23. The van der Waals surface area contributed by atoms with E-state index in [0.29, 0.717) is 9.50 Å². The number of hydrogen-bond donors (Lipinski definition) is 1. The van der Waals surface area contributed by atoms with Gasteiger partial charge < -0.3 is 0 Å². The van der Waals surface area contributed by atoms with E-state index in [2.05, 4.69) is 36.6 Å². The monoisotopic (exact) mass is 437 g/mol. The number of benzene rings is 2. The van der Waals surface area contributed by atoms with Gasteiger partial charge in [-0.1, -0.05) is 39.7 Å². The topological polar surface area (TPSA) is 46.2 Å². The first-order valence-electron chi connectivity index (χ1n) is 5.58. The zero-order valence-electron chi connectivity index (χ0n) is 10.1. The van der Waals surface area contributed by atoms with E-state index in [1.54, 1.807) is 30.3 Å². The Kier molecular flexibility index (Phi) is 5.25. The molecule has 2 aromatic rings. The van der Waals surface area contributed by atoms with Crippen LogP contribution in [0.3, 0.4) is 0 Å². The molecule has 0 aliphatic rings. The van der Waals surface area contributed by atoms with Gasteiger partial charge >= 0.3 is 0 Å². The van der Waals surface area contributed by atoms with E-state index >= 15 is 0 Å². The van der Waals surface area contributed by atoms with Crippen LogP contribution in [-0.4, -0.2) is 8.42 Å². The van der Waals surface area contributed by atoms with Crippen LogP contribution in [-0.2, 0) is 16.6 Å². The fourth-order valence-corrected chi connectivity index (χ4v) is 4.57. The average Bonchev–Trinajstić information content (AvgIpc) is 2.36. The molecule has 0 saturated carbocycles. The Balaban J connectivity index is 2.19. The molecular formula is C13H10Br2ClNO2S. The maximum absolute atomic E-state index is 12.2. The average molecular weight is 440 g/mol. The molecule has 0 unspecified atom stereocenters. The summed E-state index contributed by atoms with van der Waals surface area (Å²) in [6.45, 7) is 0.186. The lowest BCUT2D eigenvalue weighted by Gasteiger charge is -2.09. The van der Waals surface area contributed by atoms with Gasteiger partial charge in [0.2, 0.25) is 10.0 Å². The van der Waals surface area contributed by atoms with Gasteiger partial charge in [-0.3, -0.25) is 0 Å². The molecule has 0 aromatic heterocycles. The third-order valence-electron chi connectivity index (χ3n) is 2.54. The van der Waals surface area contributed by atoms with Crippen molar-refractivity contribution in [2.75, 3.05) is 0 Å². The molecule has 106 valence electrons. The van der Waals surface area contributed by atoms with Crippen LogP contribution >= 0.6 is 43.5 Å². The van der Waals surface area contributed by atoms with Crippen LogP contribution in [0.1, 0.15) is 5.56 Å². The standard InChI is InChI=1S/C13H10Br2ClNO2S/c14-10-4-5-13(12(15)7-10)20(18,19)17-8-9-2-1-3-11(16)6-9/h1-7,17H,8H2. The maximum atomic E-state index is 12.2. The van der Waals surface area contributed by atoms with Crippen LogP contribution in [0.4, 0.5) is 0 Å². The minimum Gasteiger partial charge on any atom is -0.207 e. The van der Waals surface area contributed by atoms with Crippen LogP contribution in [0.15, 0.2) is 56.3 Å². The second-order valence-electron chi connectivity index (χ2n) is 4.03. The Bertz CT molecular complexity index is 735. The molecule has 3 nitrogen and oxygen atoms in total. The summed E-state index contributed by atoms with van der Waals surface area (Å²) >= 11 is 12.4. The van der Waals surface area contributed by atoms with Crippen molar-refractivity contribution in [2.45, 2.75) is 11.4 Å². The molecule has 0 fully saturated rings. The van der Waals surface area contributed by atoms with Gasteiger partial charge in [0.05, 0.1) is 4.90 Å². The maximum Gasteiger partial charge on any atom is 0.241 e. The van der Waals surface area contributed by atoms with Crippen molar-refractivity contribution in [3.63, 3.8) is 0 Å². The summed E-state index contributed by atoms with van der Waals surface area (Å²) in [6, 6.07) is 12.0. The van der Waals surface area contributed by atoms with Gasteiger partial charge in [0.1, 0.15) is 0 Å². The van der Waals surface area contributed by atoms with E-state index in [1.807, 2.05) is 6.07 Å². The lowest BCUT2D eigenvalue weighted by atomic mass is 10.2. The van der Waals surface area contributed by atoms with E-state index in [0.717, 1.165) is 10.0 Å². The number of nitrogens with one attached hydrogen (secondary N) is 1. The molecule has 0 atom stereocenters. The molecule has 0 saturated heterocycles. The summed E-state index contributed by atoms with van der Waals surface area (Å²) in [7, 11) is -3.58. The molecule has 2 aromatic carbocycles. The van der Waals surface area contributed by atoms with Crippen LogP contribution < -0.4 is 4.72 Å². The van der Waals surface area contributed by atoms with Crippen LogP contribution in [0.25, 0.3) is 0 Å². The summed E-state index contributed by atoms with van der Waals surface area (Å²) < 4.78 is 28.3. The second kappa shape index (κ2) is 6.58. The first kappa shape index (κ1) is 16.0. The van der Waals surface area contributed by atoms with Gasteiger partial charge in [-0.15, -0.1) is 0 Å². The predicted molar refractivity (Wildman–Crippen MR) is 87.3 cm³/mol. The number of hydrogen-bond acceptors (Lipinski definition) is 2. The van der Waals surface area contributed by atoms with Crippen molar-refractivity contribution in [3.05, 3.63) is 62.0 Å². The van der Waals surface area contributed by atoms with E-state index in [9.17, 15) is 8.42 Å². The molecule has 1 N–H and O–H groups in total. The normalized spacial score (nSPS) is 11.6. The lowest BCUT2D eigenvalue weighted by molar-refractivity contribution is 0.581. The summed E-state index contributed by atoms with van der Waals surface area (Å²) in [5.74, 6) is 0. The van der Waals surface area contributed by atoms with Gasteiger partial charge in [0.25, 0.3) is 0 Å². The fraction of sp³-hybridized carbons (Fsp3) is 0.0769. The second-order valence-corrected chi connectivity index (χ2v) is 7.97. The molecule has 0 bridgehead atoms. The summed E-state index contributed by atoms with van der Waals surface area (Å²) in [4.78, 5) is 0.197. The highest BCUT2D eigenvalue weighted by molar-refractivity contribution is 9.11. The van der Waals surface area contributed by atoms with Crippen LogP contribution in [0, 0.1) is 0 Å². The number of sulfonamides is 1. The Hall–Kier alpha value is -0.400. The summed E-state index contributed by atoms with van der Waals surface area (Å²) in [5.41, 5.74) is 0.800. The predicted octanol–water partition coefficient (Wildman–Crippen LogP) is 4.34. The minimum absolute atomic E-state index is 0.186. The van der Waals surface area contributed by atoms with Gasteiger partial charge in [0, 0.05) is 20.5 Å². The molecule has 0 aliphatic heterocycles. The third kappa shape index (κ3) is 4.05. The zero-order valence-corrected chi connectivity index (χ0v) is 14.9. The SMILES string of the molecule is O=S(=O)(NCc1cccc(Cl)c1)c1ccc(Br)cc1Br. The molecule has 0 aliphatic carbocycles. The molecule has 0 spiro atoms. The highest BCUT2D eigenvalue weighted by Crippen LogP contribution is 2.25. The Labute approximate surface area is 139 Å². The first-order chi connectivity index (χ1) is 9.38. The molecule has 20 heavy (non-hydrogen) atoms. The Morgan fingerprint density at radius 1 is 1.10 bits per heavy atom. The minimum atomic E-state index is -3.58. The van der Waals surface area contributed by atoms with Crippen molar-refractivity contribution < 1.29 is 8.42 Å². The molecule has 2 rings (SSSR count). The molecular weight excluding hydrogens is 429 g/mol. The van der Waals surface area contributed by atoms with Crippen LogP contribution in [0.2, 0.25) is 5.02 Å². The van der Waals surface area contributed by atoms with Crippen LogP contribution in [0.5, 0.6) is 0 Å². The summed E-state index contributed by atoms with van der Waals surface area (Å²) in [5, 5.41) is 0.575. The van der Waals surface area contributed by atoms with E-state index in [4.69, 9.17) is 11.6 Å². The van der Waals surface area contributed by atoms with Gasteiger partial charge in [-0.2, -0.15) is 0 Å². The van der Waals surface area contributed by atoms with Gasteiger partial charge in [-0.05, 0) is 51.8 Å². The van der Waals surface area contributed by atoms with Gasteiger partial charge in [-0.25, -0.2) is 13.1 Å². The quantitative estimate of drug-likeness (QED) is 0.770. The van der Waals surface area contributed by atoms with Crippen molar-refractivity contribution >= 4 is 53.5 Å². The highest BCUT2D eigenvalue weighted by Gasteiger charge is 2.17.